The fourth-order valence-electron chi connectivity index (χ4n) is 3.13. The number of hydrogen-bond donors (Lipinski definition) is 2. The number of benzene rings is 1. The quantitative estimate of drug-likeness (QED) is 0.811. The van der Waals surface area contributed by atoms with Gasteiger partial charge >= 0.3 is 0 Å². The molecule has 0 aliphatic carbocycles. The van der Waals surface area contributed by atoms with Crippen molar-refractivity contribution in [2.45, 2.75) is 38.6 Å². The lowest BCUT2D eigenvalue weighted by atomic mass is 9.93. The van der Waals surface area contributed by atoms with Gasteiger partial charge in [-0.25, -0.2) is 0 Å². The maximum atomic E-state index is 12.5. The van der Waals surface area contributed by atoms with E-state index in [9.17, 15) is 9.18 Å². The minimum absolute atomic E-state index is 0.0134. The monoisotopic (exact) mass is 321 g/mol. The molecule has 1 aliphatic heterocycles. The van der Waals surface area contributed by atoms with Gasteiger partial charge in [-0.05, 0) is 56.2 Å². The molecular formula is C18H28FN3O. The molecule has 1 aliphatic rings. The molecule has 1 atom stereocenters. The average Bonchev–Trinajstić information content (AvgIpc) is 2.57. The highest BCUT2D eigenvalue weighted by molar-refractivity contribution is 5.82. The Kier molecular flexibility index (Phi) is 6.84. The van der Waals surface area contributed by atoms with Crippen LogP contribution >= 0.6 is 0 Å². The molecular weight excluding hydrogens is 293 g/mol. The van der Waals surface area contributed by atoms with Gasteiger partial charge in [-0.1, -0.05) is 12.1 Å². The standard InChI is InChI=1S/C18H28FN3O/c1-2-21-16-5-3-15(4-6-16)13-17(20)18(23)22-11-8-14(7-10-19)9-12-22/h3-6,14,17,21H,2,7-13,20H2,1H3/t17-/m0/s1. The number of nitrogens with two attached hydrogens (primary N) is 1. The number of hydrogen-bond acceptors (Lipinski definition) is 3. The van der Waals surface area contributed by atoms with Gasteiger partial charge in [0.1, 0.15) is 0 Å². The van der Waals surface area contributed by atoms with E-state index in [0.717, 1.165) is 30.6 Å². The highest BCUT2D eigenvalue weighted by Crippen LogP contribution is 2.21. The molecule has 0 unspecified atom stereocenters. The van der Waals surface area contributed by atoms with E-state index in [4.69, 9.17) is 5.73 Å². The van der Waals surface area contributed by atoms with Crippen molar-refractivity contribution >= 4 is 11.6 Å². The smallest absolute Gasteiger partial charge is 0.239 e. The highest BCUT2D eigenvalue weighted by atomic mass is 19.1. The summed E-state index contributed by atoms with van der Waals surface area (Å²) >= 11 is 0. The number of carbonyl (C=O) groups excluding carboxylic acids is 1. The molecule has 1 aromatic carbocycles. The van der Waals surface area contributed by atoms with E-state index < -0.39 is 6.04 Å². The summed E-state index contributed by atoms with van der Waals surface area (Å²) in [6, 6.07) is 7.55. The van der Waals surface area contributed by atoms with Crippen molar-refractivity contribution in [2.75, 3.05) is 31.6 Å². The fraction of sp³-hybridized carbons (Fsp3) is 0.611. The predicted octanol–water partition coefficient (Wildman–Crippen LogP) is 2.59. The maximum absolute atomic E-state index is 12.5. The minimum atomic E-state index is -0.502. The van der Waals surface area contributed by atoms with Crippen LogP contribution in [0.1, 0.15) is 31.7 Å². The largest absolute Gasteiger partial charge is 0.385 e. The number of alkyl halides is 1. The molecule has 3 N–H and O–H groups in total. The molecule has 1 saturated heterocycles. The zero-order chi connectivity index (χ0) is 16.7. The van der Waals surface area contributed by atoms with Gasteiger partial charge < -0.3 is 16.0 Å². The van der Waals surface area contributed by atoms with E-state index in [1.165, 1.54) is 0 Å². The Morgan fingerprint density at radius 2 is 2.00 bits per heavy atom. The Balaban J connectivity index is 1.83. The number of likely N-dealkylation sites (tertiary alicyclic amines) is 1. The molecule has 1 aromatic rings. The number of piperidine rings is 1. The van der Waals surface area contributed by atoms with E-state index in [-0.39, 0.29) is 12.6 Å². The highest BCUT2D eigenvalue weighted by Gasteiger charge is 2.26. The van der Waals surface area contributed by atoms with Crippen LogP contribution in [0.2, 0.25) is 0 Å². The number of nitrogens with zero attached hydrogens (tertiary/aromatic N) is 1. The maximum Gasteiger partial charge on any atom is 0.239 e. The van der Waals surface area contributed by atoms with Crippen molar-refractivity contribution in [3.8, 4) is 0 Å². The minimum Gasteiger partial charge on any atom is -0.385 e. The molecule has 0 saturated carbocycles. The van der Waals surface area contributed by atoms with Crippen molar-refractivity contribution < 1.29 is 9.18 Å². The van der Waals surface area contributed by atoms with Crippen molar-refractivity contribution in [3.63, 3.8) is 0 Å². The Hall–Kier alpha value is -1.62. The van der Waals surface area contributed by atoms with Gasteiger partial charge in [0.2, 0.25) is 5.91 Å². The van der Waals surface area contributed by atoms with Crippen LogP contribution in [0.25, 0.3) is 0 Å². The summed E-state index contributed by atoms with van der Waals surface area (Å²) < 4.78 is 12.4. The van der Waals surface area contributed by atoms with Gasteiger partial charge in [0.15, 0.2) is 0 Å². The lowest BCUT2D eigenvalue weighted by molar-refractivity contribution is -0.134. The number of nitrogens with one attached hydrogen (secondary N) is 1. The molecule has 0 radical (unpaired) electrons. The van der Waals surface area contributed by atoms with E-state index in [1.54, 1.807) is 0 Å². The van der Waals surface area contributed by atoms with Crippen LogP contribution in [-0.4, -0.2) is 43.2 Å². The average molecular weight is 321 g/mol. The van der Waals surface area contributed by atoms with Crippen molar-refractivity contribution in [3.05, 3.63) is 29.8 Å². The zero-order valence-corrected chi connectivity index (χ0v) is 13.9. The third-order valence-electron chi connectivity index (χ3n) is 4.55. The summed E-state index contributed by atoms with van der Waals surface area (Å²) in [7, 11) is 0. The second-order valence-electron chi connectivity index (χ2n) is 6.28. The SMILES string of the molecule is CCNc1ccc(C[C@H](N)C(=O)N2CCC(CCF)CC2)cc1. The lowest BCUT2D eigenvalue weighted by Crippen LogP contribution is -2.48. The second-order valence-corrected chi connectivity index (χ2v) is 6.28. The lowest BCUT2D eigenvalue weighted by Gasteiger charge is -2.33. The molecule has 2 rings (SSSR count). The first kappa shape index (κ1) is 17.7. The Labute approximate surface area is 138 Å². The van der Waals surface area contributed by atoms with Gasteiger partial charge in [0.05, 0.1) is 12.7 Å². The van der Waals surface area contributed by atoms with Crippen LogP contribution in [0.15, 0.2) is 24.3 Å². The Morgan fingerprint density at radius 1 is 1.35 bits per heavy atom. The molecule has 1 heterocycles. The van der Waals surface area contributed by atoms with E-state index in [2.05, 4.69) is 12.2 Å². The van der Waals surface area contributed by atoms with Gasteiger partial charge in [-0.15, -0.1) is 0 Å². The van der Waals surface area contributed by atoms with Crippen LogP contribution in [0.4, 0.5) is 10.1 Å². The molecule has 4 nitrogen and oxygen atoms in total. The first-order valence-electron chi connectivity index (χ1n) is 8.57. The van der Waals surface area contributed by atoms with Gasteiger partial charge in [0, 0.05) is 25.3 Å². The number of rotatable bonds is 7. The molecule has 0 aromatic heterocycles. The molecule has 1 amide bonds. The number of anilines is 1. The Bertz CT molecular complexity index is 484. The first-order valence-corrected chi connectivity index (χ1v) is 8.57. The molecule has 128 valence electrons. The third-order valence-corrected chi connectivity index (χ3v) is 4.55. The summed E-state index contributed by atoms with van der Waals surface area (Å²) in [6.45, 7) is 4.09. The normalized spacial score (nSPS) is 17.1. The topological polar surface area (TPSA) is 58.4 Å². The van der Waals surface area contributed by atoms with E-state index >= 15 is 0 Å². The predicted molar refractivity (Wildman–Crippen MR) is 92.2 cm³/mol. The fourth-order valence-corrected chi connectivity index (χ4v) is 3.13. The van der Waals surface area contributed by atoms with Crippen molar-refractivity contribution in [2.24, 2.45) is 11.7 Å². The number of carbonyl (C=O) groups is 1. The molecule has 1 fully saturated rings. The van der Waals surface area contributed by atoms with Gasteiger partial charge in [-0.2, -0.15) is 0 Å². The van der Waals surface area contributed by atoms with Gasteiger partial charge in [-0.3, -0.25) is 9.18 Å². The van der Waals surface area contributed by atoms with Crippen molar-refractivity contribution in [1.29, 1.82) is 0 Å². The van der Waals surface area contributed by atoms with E-state index in [0.29, 0.717) is 31.8 Å². The van der Waals surface area contributed by atoms with Crippen LogP contribution < -0.4 is 11.1 Å². The summed E-state index contributed by atoms with van der Waals surface area (Å²) in [5.74, 6) is 0.429. The first-order chi connectivity index (χ1) is 11.1. The summed E-state index contributed by atoms with van der Waals surface area (Å²) in [6.07, 6.45) is 2.95. The summed E-state index contributed by atoms with van der Waals surface area (Å²) in [5, 5.41) is 3.24. The van der Waals surface area contributed by atoms with Crippen LogP contribution in [0, 0.1) is 5.92 Å². The van der Waals surface area contributed by atoms with E-state index in [1.807, 2.05) is 29.2 Å². The Morgan fingerprint density at radius 3 is 2.57 bits per heavy atom. The van der Waals surface area contributed by atoms with Crippen LogP contribution in [0.3, 0.4) is 0 Å². The summed E-state index contributed by atoms with van der Waals surface area (Å²) in [5.41, 5.74) is 8.25. The molecule has 0 spiro atoms. The van der Waals surface area contributed by atoms with Crippen molar-refractivity contribution in [1.82, 2.24) is 4.90 Å². The molecule has 0 bridgehead atoms. The molecule has 23 heavy (non-hydrogen) atoms. The number of halogens is 1. The molecule has 5 heteroatoms. The zero-order valence-electron chi connectivity index (χ0n) is 13.9. The summed E-state index contributed by atoms with van der Waals surface area (Å²) in [4.78, 5) is 14.3. The van der Waals surface area contributed by atoms with Crippen LogP contribution in [-0.2, 0) is 11.2 Å². The third kappa shape index (κ3) is 5.20. The number of amides is 1. The second kappa shape index (κ2) is 8.87. The van der Waals surface area contributed by atoms with Crippen LogP contribution in [0.5, 0.6) is 0 Å². The van der Waals surface area contributed by atoms with Gasteiger partial charge in [0.25, 0.3) is 0 Å².